The van der Waals surface area contributed by atoms with Gasteiger partial charge in [0.1, 0.15) is 0 Å². The topological polar surface area (TPSA) is 52.7 Å². The number of hydrogen-bond acceptors (Lipinski definition) is 3. The van der Waals surface area contributed by atoms with E-state index in [-0.39, 0.29) is 17.7 Å². The van der Waals surface area contributed by atoms with Crippen LogP contribution in [0.25, 0.3) is 0 Å². The number of likely N-dealkylation sites (tertiary alicyclic amines) is 1. The highest BCUT2D eigenvalue weighted by Gasteiger charge is 2.31. The number of carbonyl (C=O) groups is 2. The number of amides is 2. The van der Waals surface area contributed by atoms with Crippen LogP contribution in [0.4, 0.5) is 5.69 Å². The minimum absolute atomic E-state index is 0.00457. The third-order valence-electron chi connectivity index (χ3n) is 3.88. The van der Waals surface area contributed by atoms with E-state index in [2.05, 4.69) is 22.3 Å². The molecule has 1 fully saturated rings. The molecule has 0 radical (unpaired) electrons. The summed E-state index contributed by atoms with van der Waals surface area (Å²) in [4.78, 5) is 27.1. The van der Waals surface area contributed by atoms with Crippen LogP contribution in [0.15, 0.2) is 30.3 Å². The van der Waals surface area contributed by atoms with Crippen molar-refractivity contribution in [1.82, 2.24) is 10.2 Å². The maximum atomic E-state index is 11.9. The fourth-order valence-electron chi connectivity index (χ4n) is 2.52. The van der Waals surface area contributed by atoms with Gasteiger partial charge >= 0.3 is 0 Å². The van der Waals surface area contributed by atoms with E-state index in [9.17, 15) is 9.59 Å². The number of para-hydroxylation sites is 1. The van der Waals surface area contributed by atoms with Gasteiger partial charge in [-0.25, -0.2) is 0 Å². The zero-order chi connectivity index (χ0) is 15.2. The van der Waals surface area contributed by atoms with Gasteiger partial charge in [-0.2, -0.15) is 0 Å². The second-order valence-electron chi connectivity index (χ2n) is 5.58. The third kappa shape index (κ3) is 4.21. The molecule has 1 atom stereocenters. The van der Waals surface area contributed by atoms with Crippen LogP contribution in [-0.4, -0.2) is 50.4 Å². The highest BCUT2D eigenvalue weighted by Crippen LogP contribution is 2.15. The molecule has 1 heterocycles. The second-order valence-corrected chi connectivity index (χ2v) is 5.58. The summed E-state index contributed by atoms with van der Waals surface area (Å²) in [5, 5.41) is 2.93. The number of nitrogens with one attached hydrogen (secondary N) is 1. The van der Waals surface area contributed by atoms with Crippen molar-refractivity contribution < 1.29 is 9.59 Å². The highest BCUT2D eigenvalue weighted by atomic mass is 16.2. The monoisotopic (exact) mass is 289 g/mol. The quantitative estimate of drug-likeness (QED) is 0.798. The van der Waals surface area contributed by atoms with Gasteiger partial charge in [0.2, 0.25) is 11.8 Å². The summed E-state index contributed by atoms with van der Waals surface area (Å²) in [6.45, 7) is 2.06. The van der Waals surface area contributed by atoms with E-state index in [1.165, 1.54) is 5.69 Å². The van der Waals surface area contributed by atoms with Gasteiger partial charge in [0, 0.05) is 45.8 Å². The van der Waals surface area contributed by atoms with E-state index in [0.717, 1.165) is 13.0 Å². The molecule has 114 valence electrons. The molecule has 1 unspecified atom stereocenters. The Morgan fingerprint density at radius 2 is 2.10 bits per heavy atom. The van der Waals surface area contributed by atoms with Crippen LogP contribution in [0.3, 0.4) is 0 Å². The molecule has 1 saturated heterocycles. The largest absolute Gasteiger partial charge is 0.375 e. The molecular formula is C16H23N3O2. The molecule has 21 heavy (non-hydrogen) atoms. The van der Waals surface area contributed by atoms with E-state index in [1.54, 1.807) is 11.9 Å². The molecule has 1 N–H and O–H groups in total. The van der Waals surface area contributed by atoms with Crippen molar-refractivity contribution in [1.29, 1.82) is 0 Å². The molecule has 5 nitrogen and oxygen atoms in total. The van der Waals surface area contributed by atoms with Crippen LogP contribution in [0.2, 0.25) is 0 Å². The predicted octanol–water partition coefficient (Wildman–Crippen LogP) is 1.11. The standard InChI is InChI=1S/C16H23N3O2/c1-18(14-7-4-3-5-8-14)10-6-9-17-16(21)13-11-15(20)19(2)12-13/h3-5,7-8,13H,6,9-12H2,1-2H3,(H,17,21). The maximum Gasteiger partial charge on any atom is 0.225 e. The molecule has 1 aromatic rings. The van der Waals surface area contributed by atoms with Crippen molar-refractivity contribution in [2.24, 2.45) is 5.92 Å². The van der Waals surface area contributed by atoms with E-state index in [1.807, 2.05) is 25.2 Å². The third-order valence-corrected chi connectivity index (χ3v) is 3.88. The Bertz CT molecular complexity index is 490. The number of benzene rings is 1. The SMILES string of the molecule is CN1CC(C(=O)NCCCN(C)c2ccccc2)CC1=O. The zero-order valence-corrected chi connectivity index (χ0v) is 12.7. The van der Waals surface area contributed by atoms with Gasteiger partial charge in [-0.1, -0.05) is 18.2 Å². The summed E-state index contributed by atoms with van der Waals surface area (Å²) in [6.07, 6.45) is 1.22. The van der Waals surface area contributed by atoms with Crippen LogP contribution in [-0.2, 0) is 9.59 Å². The van der Waals surface area contributed by atoms with Crippen molar-refractivity contribution in [3.8, 4) is 0 Å². The lowest BCUT2D eigenvalue weighted by Crippen LogP contribution is -2.34. The van der Waals surface area contributed by atoms with Gasteiger partial charge in [-0.3, -0.25) is 9.59 Å². The molecule has 2 amide bonds. The van der Waals surface area contributed by atoms with Crippen LogP contribution >= 0.6 is 0 Å². The Labute approximate surface area is 125 Å². The summed E-state index contributed by atoms with van der Waals surface area (Å²) in [5.41, 5.74) is 1.17. The normalized spacial score (nSPS) is 17.9. The average Bonchev–Trinajstić information content (AvgIpc) is 2.84. The Balaban J connectivity index is 1.66. The van der Waals surface area contributed by atoms with Gasteiger partial charge in [0.05, 0.1) is 5.92 Å². The summed E-state index contributed by atoms with van der Waals surface area (Å²) in [6, 6.07) is 10.2. The van der Waals surface area contributed by atoms with Crippen LogP contribution < -0.4 is 10.2 Å². The molecule has 1 aromatic carbocycles. The second kappa shape index (κ2) is 7.11. The van der Waals surface area contributed by atoms with E-state index in [4.69, 9.17) is 0 Å². The number of nitrogens with zero attached hydrogens (tertiary/aromatic N) is 2. The highest BCUT2D eigenvalue weighted by molar-refractivity contribution is 5.89. The first-order chi connectivity index (χ1) is 10.1. The molecule has 1 aliphatic heterocycles. The predicted molar refractivity (Wildman–Crippen MR) is 83.1 cm³/mol. The summed E-state index contributed by atoms with van der Waals surface area (Å²) in [5.74, 6) is -0.136. The Morgan fingerprint density at radius 3 is 2.71 bits per heavy atom. The molecule has 0 saturated carbocycles. The molecule has 1 aliphatic rings. The van der Waals surface area contributed by atoms with Crippen molar-refractivity contribution >= 4 is 17.5 Å². The molecule has 0 aliphatic carbocycles. The maximum absolute atomic E-state index is 11.9. The zero-order valence-electron chi connectivity index (χ0n) is 12.7. The molecular weight excluding hydrogens is 266 g/mol. The molecule has 5 heteroatoms. The van der Waals surface area contributed by atoms with E-state index < -0.39 is 0 Å². The van der Waals surface area contributed by atoms with Crippen molar-refractivity contribution in [2.75, 3.05) is 38.6 Å². The van der Waals surface area contributed by atoms with Gasteiger partial charge in [-0.15, -0.1) is 0 Å². The first kappa shape index (κ1) is 15.4. The summed E-state index contributed by atoms with van der Waals surface area (Å²) in [7, 11) is 3.78. The Kier molecular flexibility index (Phi) is 5.20. The Hall–Kier alpha value is -2.04. The molecule has 0 bridgehead atoms. The van der Waals surface area contributed by atoms with Crippen LogP contribution in [0, 0.1) is 5.92 Å². The summed E-state index contributed by atoms with van der Waals surface area (Å²) < 4.78 is 0. The van der Waals surface area contributed by atoms with Crippen molar-refractivity contribution in [3.05, 3.63) is 30.3 Å². The molecule has 0 spiro atoms. The number of rotatable bonds is 6. The van der Waals surface area contributed by atoms with Gasteiger partial charge in [0.15, 0.2) is 0 Å². The van der Waals surface area contributed by atoms with Crippen molar-refractivity contribution in [2.45, 2.75) is 12.8 Å². The first-order valence-electron chi connectivity index (χ1n) is 7.36. The van der Waals surface area contributed by atoms with Gasteiger partial charge < -0.3 is 15.1 Å². The number of anilines is 1. The average molecular weight is 289 g/mol. The van der Waals surface area contributed by atoms with Gasteiger partial charge in [-0.05, 0) is 18.6 Å². The lowest BCUT2D eigenvalue weighted by molar-refractivity contribution is -0.128. The number of hydrogen-bond donors (Lipinski definition) is 1. The fourth-order valence-corrected chi connectivity index (χ4v) is 2.52. The van der Waals surface area contributed by atoms with Gasteiger partial charge in [0.25, 0.3) is 0 Å². The van der Waals surface area contributed by atoms with Crippen LogP contribution in [0.5, 0.6) is 0 Å². The molecule has 2 rings (SSSR count). The fraction of sp³-hybridized carbons (Fsp3) is 0.500. The van der Waals surface area contributed by atoms with E-state index in [0.29, 0.717) is 19.5 Å². The molecule has 0 aromatic heterocycles. The lowest BCUT2D eigenvalue weighted by Gasteiger charge is -2.19. The smallest absolute Gasteiger partial charge is 0.225 e. The number of carbonyl (C=O) groups excluding carboxylic acids is 2. The van der Waals surface area contributed by atoms with E-state index >= 15 is 0 Å². The lowest BCUT2D eigenvalue weighted by atomic mass is 10.1. The summed E-state index contributed by atoms with van der Waals surface area (Å²) >= 11 is 0. The first-order valence-corrected chi connectivity index (χ1v) is 7.36. The minimum atomic E-state index is -0.186. The van der Waals surface area contributed by atoms with Crippen molar-refractivity contribution in [3.63, 3.8) is 0 Å². The van der Waals surface area contributed by atoms with Crippen LogP contribution in [0.1, 0.15) is 12.8 Å². The minimum Gasteiger partial charge on any atom is -0.375 e. The Morgan fingerprint density at radius 1 is 1.38 bits per heavy atom.